The van der Waals surface area contributed by atoms with E-state index in [0.717, 1.165) is 0 Å². The van der Waals surface area contributed by atoms with Crippen LogP contribution in [0.4, 0.5) is 54.0 Å². The lowest BCUT2D eigenvalue weighted by Gasteiger charge is -2.18. The number of halogens is 11. The highest BCUT2D eigenvalue weighted by atomic mass is 19.4. The molecule has 7 N–H and O–H groups in total. The van der Waals surface area contributed by atoms with E-state index in [9.17, 15) is 53.1 Å². The first kappa shape index (κ1) is 45.5. The molecule has 1 atom stereocenters. The summed E-state index contributed by atoms with van der Waals surface area (Å²) in [7, 11) is 3.80. The van der Waals surface area contributed by atoms with Crippen LogP contribution < -0.4 is 15.8 Å². The van der Waals surface area contributed by atoms with Gasteiger partial charge in [-0.15, -0.1) is 0 Å². The molecule has 1 aromatic heterocycles. The van der Waals surface area contributed by atoms with E-state index in [1.807, 2.05) is 19.0 Å². The van der Waals surface area contributed by atoms with Crippen molar-refractivity contribution < 1.29 is 87.5 Å². The van der Waals surface area contributed by atoms with Crippen LogP contribution in [0.3, 0.4) is 0 Å². The van der Waals surface area contributed by atoms with Crippen LogP contribution in [0, 0.1) is 11.6 Å². The summed E-state index contributed by atoms with van der Waals surface area (Å²) in [5.41, 5.74) is 7.40. The SMILES string of the molecule is CN(C)CCOc1cc(-c2cn[nH]c2)c(F)cc1NC(=O)[C@H](N)c1ccc(F)cc1.O=C(O)C(F)(F)F.O=C(O)C(F)(F)F.O=C(O)C(F)(F)F. The van der Waals surface area contributed by atoms with E-state index < -0.39 is 60.0 Å². The van der Waals surface area contributed by atoms with Gasteiger partial charge >= 0.3 is 36.4 Å². The number of carboxylic acids is 3. The molecule has 0 aliphatic heterocycles. The number of likely N-dealkylation sites (N-methyl/N-ethyl adjacent to an activating group) is 1. The molecule has 0 bridgehead atoms. The second kappa shape index (κ2) is 19.6. The summed E-state index contributed by atoms with van der Waals surface area (Å²) in [5, 5.41) is 30.5. The number of nitrogens with zero attached hydrogens (tertiary/aromatic N) is 2. The van der Waals surface area contributed by atoms with Gasteiger partial charge in [-0.05, 0) is 37.9 Å². The van der Waals surface area contributed by atoms with Crippen LogP contribution in [0.25, 0.3) is 11.1 Å². The van der Waals surface area contributed by atoms with Gasteiger partial charge in [0.2, 0.25) is 5.91 Å². The number of carbonyl (C=O) groups is 4. The second-order valence-corrected chi connectivity index (χ2v) is 9.39. The van der Waals surface area contributed by atoms with E-state index in [1.165, 1.54) is 42.6 Å². The molecule has 13 nitrogen and oxygen atoms in total. The van der Waals surface area contributed by atoms with E-state index in [2.05, 4.69) is 15.5 Å². The van der Waals surface area contributed by atoms with Gasteiger partial charge < -0.3 is 36.0 Å². The van der Waals surface area contributed by atoms with Crippen molar-refractivity contribution >= 4 is 29.5 Å². The Kier molecular flexibility index (Phi) is 17.5. The van der Waals surface area contributed by atoms with Crippen LogP contribution in [0.5, 0.6) is 5.75 Å². The minimum absolute atomic E-state index is 0.154. The molecule has 0 aliphatic rings. The third-order valence-electron chi connectivity index (χ3n) is 5.17. The minimum Gasteiger partial charge on any atom is -0.490 e. The van der Waals surface area contributed by atoms with Crippen LogP contribution in [0.1, 0.15) is 11.6 Å². The van der Waals surface area contributed by atoms with Gasteiger partial charge in [0.1, 0.15) is 30.0 Å². The molecule has 0 unspecified atom stereocenters. The second-order valence-electron chi connectivity index (χ2n) is 9.39. The van der Waals surface area contributed by atoms with E-state index in [0.29, 0.717) is 30.0 Å². The van der Waals surface area contributed by atoms with E-state index in [4.69, 9.17) is 40.2 Å². The lowest BCUT2D eigenvalue weighted by molar-refractivity contribution is -0.193. The molecule has 0 aliphatic carbocycles. The quantitative estimate of drug-likeness (QED) is 0.172. The number of nitrogens with two attached hydrogens (primary N) is 1. The third-order valence-corrected chi connectivity index (χ3v) is 5.17. The van der Waals surface area contributed by atoms with Gasteiger partial charge in [0.05, 0.1) is 11.9 Å². The Morgan fingerprint density at radius 2 is 1.31 bits per heavy atom. The van der Waals surface area contributed by atoms with Gasteiger partial charge in [0.15, 0.2) is 0 Å². The summed E-state index contributed by atoms with van der Waals surface area (Å²) < 4.78 is 129. The Labute approximate surface area is 278 Å². The molecule has 3 aromatic rings. The standard InChI is InChI=1S/C21H23F2N5O2.3C2HF3O2/c1-28(2)7-8-30-19-9-16(14-11-25-26-12-14)17(23)10-18(19)27-21(29)20(24)13-3-5-15(22)6-4-13;3*3-2(4,5)1(6)7/h3-6,9-12,20H,7-8,24H2,1-2H3,(H,25,26)(H,27,29);3*(H,6,7)/t20-;;;/m1.../s1. The number of carboxylic acid groups (broad SMARTS) is 3. The van der Waals surface area contributed by atoms with E-state index in [-0.39, 0.29) is 11.3 Å². The highest BCUT2D eigenvalue weighted by Gasteiger charge is 2.39. The monoisotopic (exact) mass is 757 g/mol. The van der Waals surface area contributed by atoms with Crippen molar-refractivity contribution in [3.8, 4) is 16.9 Å². The number of H-pyrrole nitrogens is 1. The Morgan fingerprint density at radius 3 is 1.69 bits per heavy atom. The zero-order valence-electron chi connectivity index (χ0n) is 25.6. The molecule has 24 heteroatoms. The van der Waals surface area contributed by atoms with Crippen LogP contribution in [-0.4, -0.2) is 100 Å². The number of nitrogens with one attached hydrogen (secondary N) is 2. The molecule has 284 valence electrons. The molecule has 51 heavy (non-hydrogen) atoms. The molecule has 0 radical (unpaired) electrons. The number of amides is 1. The van der Waals surface area contributed by atoms with E-state index in [1.54, 1.807) is 6.20 Å². The molecular weight excluding hydrogens is 731 g/mol. The number of anilines is 1. The summed E-state index contributed by atoms with van der Waals surface area (Å²) in [5.74, 6) is -9.53. The minimum atomic E-state index is -5.08. The molecule has 0 fully saturated rings. The summed E-state index contributed by atoms with van der Waals surface area (Å²) in [4.78, 5) is 41.2. The van der Waals surface area contributed by atoms with Gasteiger partial charge in [0.25, 0.3) is 0 Å². The van der Waals surface area contributed by atoms with Crippen LogP contribution in [0.15, 0.2) is 48.8 Å². The molecule has 1 heterocycles. The number of aliphatic carboxylic acids is 3. The van der Waals surface area contributed by atoms with Gasteiger partial charge in [0, 0.05) is 29.9 Å². The summed E-state index contributed by atoms with van der Waals surface area (Å²) in [6, 6.07) is 6.93. The van der Waals surface area contributed by atoms with Crippen LogP contribution >= 0.6 is 0 Å². The molecule has 0 saturated heterocycles. The molecule has 3 rings (SSSR count). The highest BCUT2D eigenvalue weighted by Crippen LogP contribution is 2.34. The number of carbonyl (C=O) groups excluding carboxylic acids is 1. The maximum Gasteiger partial charge on any atom is 0.490 e. The Bertz CT molecular complexity index is 1520. The summed E-state index contributed by atoms with van der Waals surface area (Å²) in [6.07, 6.45) is -12.2. The zero-order chi connectivity index (χ0) is 39.9. The lowest BCUT2D eigenvalue weighted by atomic mass is 10.1. The van der Waals surface area contributed by atoms with Crippen molar-refractivity contribution in [2.24, 2.45) is 5.73 Å². The van der Waals surface area contributed by atoms with Crippen molar-refractivity contribution in [1.29, 1.82) is 0 Å². The van der Waals surface area contributed by atoms with Gasteiger partial charge in [-0.1, -0.05) is 12.1 Å². The maximum atomic E-state index is 14.7. The van der Waals surface area contributed by atoms with E-state index >= 15 is 0 Å². The predicted octanol–water partition coefficient (Wildman–Crippen LogP) is 4.83. The normalized spacial score (nSPS) is 11.7. The predicted molar refractivity (Wildman–Crippen MR) is 151 cm³/mol. The Balaban J connectivity index is 0.000000966. The van der Waals surface area contributed by atoms with Gasteiger partial charge in [-0.25, -0.2) is 23.2 Å². The topological polar surface area (TPSA) is 208 Å². The lowest BCUT2D eigenvalue weighted by Crippen LogP contribution is -2.28. The van der Waals surface area contributed by atoms with Crippen molar-refractivity contribution in [3.05, 3.63) is 66.0 Å². The number of rotatable bonds is 8. The number of benzene rings is 2. The van der Waals surface area contributed by atoms with Crippen LogP contribution in [0.2, 0.25) is 0 Å². The number of hydrogen-bond acceptors (Lipinski definition) is 8. The fourth-order valence-electron chi connectivity index (χ4n) is 2.76. The van der Waals surface area contributed by atoms with Crippen LogP contribution in [-0.2, 0) is 19.2 Å². The van der Waals surface area contributed by atoms with Crippen molar-refractivity contribution in [3.63, 3.8) is 0 Å². The average Bonchev–Trinajstić information content (AvgIpc) is 3.52. The van der Waals surface area contributed by atoms with Gasteiger partial charge in [-0.2, -0.15) is 44.6 Å². The fourth-order valence-corrected chi connectivity index (χ4v) is 2.76. The fraction of sp³-hybridized carbons (Fsp3) is 0.296. The van der Waals surface area contributed by atoms with Gasteiger partial charge in [-0.3, -0.25) is 9.89 Å². The van der Waals surface area contributed by atoms with Crippen molar-refractivity contribution in [1.82, 2.24) is 15.1 Å². The molecule has 0 saturated carbocycles. The molecule has 1 amide bonds. The number of aromatic nitrogens is 2. The highest BCUT2D eigenvalue weighted by molar-refractivity contribution is 5.97. The maximum absolute atomic E-state index is 14.7. The average molecular weight is 758 g/mol. The number of alkyl halides is 9. The van der Waals surface area contributed by atoms with Crippen molar-refractivity contribution in [2.45, 2.75) is 24.6 Å². The first-order valence-corrected chi connectivity index (χ1v) is 13.0. The Morgan fingerprint density at radius 1 is 0.863 bits per heavy atom. The largest absolute Gasteiger partial charge is 0.490 e. The Hall–Kier alpha value is -5.52. The molecular formula is C27H26F11N5O8. The molecule has 2 aromatic carbocycles. The number of ether oxygens (including phenoxy) is 1. The number of aromatic amines is 1. The number of hydrogen-bond donors (Lipinski definition) is 6. The summed E-state index contributed by atoms with van der Waals surface area (Å²) in [6.45, 7) is 0.956. The summed E-state index contributed by atoms with van der Waals surface area (Å²) >= 11 is 0. The smallest absolute Gasteiger partial charge is 0.490 e. The van der Waals surface area contributed by atoms with Crippen molar-refractivity contribution in [2.75, 3.05) is 32.6 Å². The first-order valence-electron chi connectivity index (χ1n) is 13.0. The zero-order valence-corrected chi connectivity index (χ0v) is 25.6. The molecule has 0 spiro atoms. The first-order chi connectivity index (χ1) is 23.2. The third kappa shape index (κ3) is 17.6.